The maximum atomic E-state index is 4.66. The van der Waals surface area contributed by atoms with Crippen LogP contribution in [0.1, 0.15) is 27.9 Å². The molecule has 0 aliphatic heterocycles. The summed E-state index contributed by atoms with van der Waals surface area (Å²) in [5, 5.41) is 4.66. The zero-order chi connectivity index (χ0) is 19.2. The highest BCUT2D eigenvalue weighted by atomic mass is 15.3. The summed E-state index contributed by atoms with van der Waals surface area (Å²) in [5.74, 6) is 0. The molecule has 0 saturated heterocycles. The van der Waals surface area contributed by atoms with Crippen LogP contribution in [0.3, 0.4) is 0 Å². The summed E-state index contributed by atoms with van der Waals surface area (Å²) >= 11 is 0. The molecule has 0 atom stereocenters. The van der Waals surface area contributed by atoms with Gasteiger partial charge in [-0.2, -0.15) is 5.10 Å². The van der Waals surface area contributed by atoms with Crippen LogP contribution in [0.2, 0.25) is 0 Å². The number of hydrogen-bond donors (Lipinski definition) is 0. The van der Waals surface area contributed by atoms with Crippen molar-refractivity contribution in [1.29, 1.82) is 0 Å². The van der Waals surface area contributed by atoms with Crippen molar-refractivity contribution < 1.29 is 0 Å². The molecule has 0 bridgehead atoms. The second kappa shape index (κ2) is 8.36. The Morgan fingerprint density at radius 1 is 0.607 bits per heavy atom. The van der Waals surface area contributed by atoms with Crippen LogP contribution in [0.4, 0.5) is 0 Å². The molecule has 0 fully saturated rings. The van der Waals surface area contributed by atoms with Crippen molar-refractivity contribution in [2.45, 2.75) is 6.92 Å². The molecule has 1 heterocycles. The van der Waals surface area contributed by atoms with Gasteiger partial charge < -0.3 is 0 Å². The molecule has 0 N–H and O–H groups in total. The summed E-state index contributed by atoms with van der Waals surface area (Å²) in [7, 11) is 0. The van der Waals surface area contributed by atoms with E-state index in [1.807, 2.05) is 36.0 Å². The highest BCUT2D eigenvalue weighted by molar-refractivity contribution is 5.81. The second-order valence-corrected chi connectivity index (χ2v) is 6.67. The van der Waals surface area contributed by atoms with Crippen molar-refractivity contribution in [3.8, 4) is 5.69 Å². The highest BCUT2D eigenvalue weighted by Crippen LogP contribution is 2.24. The second-order valence-electron chi connectivity index (χ2n) is 6.67. The molecule has 136 valence electrons. The maximum Gasteiger partial charge on any atom is 0.0790 e. The Labute approximate surface area is 166 Å². The van der Waals surface area contributed by atoms with Gasteiger partial charge >= 0.3 is 0 Å². The van der Waals surface area contributed by atoms with Crippen LogP contribution in [-0.4, -0.2) is 9.78 Å². The molecule has 2 heteroatoms. The molecule has 0 amide bonds. The Bertz CT molecular complexity index is 1040. The summed E-state index contributed by atoms with van der Waals surface area (Å²) in [6.45, 7) is 2.01. The van der Waals surface area contributed by atoms with Gasteiger partial charge in [0.05, 0.1) is 11.4 Å². The van der Waals surface area contributed by atoms with Crippen LogP contribution in [0.25, 0.3) is 30.0 Å². The Morgan fingerprint density at radius 3 is 1.61 bits per heavy atom. The molecule has 1 aromatic heterocycles. The highest BCUT2D eigenvalue weighted by Gasteiger charge is 2.08. The minimum Gasteiger partial charge on any atom is -0.240 e. The van der Waals surface area contributed by atoms with E-state index in [0.29, 0.717) is 0 Å². The monoisotopic (exact) mass is 362 g/mol. The zero-order valence-electron chi connectivity index (χ0n) is 15.9. The molecule has 3 aromatic carbocycles. The van der Waals surface area contributed by atoms with Crippen LogP contribution in [0.15, 0.2) is 91.1 Å². The minimum absolute atomic E-state index is 1.000. The molecule has 0 unspecified atom stereocenters. The van der Waals surface area contributed by atoms with Gasteiger partial charge in [0, 0.05) is 17.3 Å². The van der Waals surface area contributed by atoms with Gasteiger partial charge in [0.25, 0.3) is 0 Å². The Hall–Kier alpha value is -3.65. The molecule has 28 heavy (non-hydrogen) atoms. The first-order valence-corrected chi connectivity index (χ1v) is 9.41. The van der Waals surface area contributed by atoms with E-state index in [9.17, 15) is 0 Å². The van der Waals surface area contributed by atoms with Crippen molar-refractivity contribution in [1.82, 2.24) is 9.78 Å². The quantitative estimate of drug-likeness (QED) is 0.369. The molecule has 4 aromatic rings. The fourth-order valence-electron chi connectivity index (χ4n) is 3.15. The lowest BCUT2D eigenvalue weighted by atomic mass is 10.0. The predicted octanol–water partition coefficient (Wildman–Crippen LogP) is 6.52. The third-order valence-electron chi connectivity index (χ3n) is 4.56. The van der Waals surface area contributed by atoms with Gasteiger partial charge in [-0.15, -0.1) is 0 Å². The number of benzene rings is 3. The summed E-state index contributed by atoms with van der Waals surface area (Å²) in [6, 6.07) is 29.1. The predicted molar refractivity (Wildman–Crippen MR) is 119 cm³/mol. The SMILES string of the molecule is Cc1ccn(-c2c(/C=C/c3ccccc3)cccc2/C=C/c2ccccc2)n1. The Balaban J connectivity index is 1.78. The molecular weight excluding hydrogens is 340 g/mol. The number of aromatic nitrogens is 2. The van der Waals surface area contributed by atoms with E-state index < -0.39 is 0 Å². The molecule has 0 saturated carbocycles. The Morgan fingerprint density at radius 2 is 1.14 bits per heavy atom. The van der Waals surface area contributed by atoms with Crippen molar-refractivity contribution in [3.63, 3.8) is 0 Å². The largest absolute Gasteiger partial charge is 0.240 e. The molecule has 0 radical (unpaired) electrons. The van der Waals surface area contributed by atoms with E-state index in [0.717, 1.165) is 22.5 Å². The lowest BCUT2D eigenvalue weighted by Crippen LogP contribution is -2.01. The van der Waals surface area contributed by atoms with Gasteiger partial charge in [-0.1, -0.05) is 103 Å². The number of rotatable bonds is 5. The molecule has 2 nitrogen and oxygen atoms in total. The van der Waals surface area contributed by atoms with E-state index >= 15 is 0 Å². The summed E-state index contributed by atoms with van der Waals surface area (Å²) in [4.78, 5) is 0. The fourth-order valence-corrected chi connectivity index (χ4v) is 3.15. The first kappa shape index (κ1) is 17.7. The van der Waals surface area contributed by atoms with Crippen molar-refractivity contribution in [2.75, 3.05) is 0 Å². The van der Waals surface area contributed by atoms with Gasteiger partial charge in [-0.25, -0.2) is 4.68 Å². The van der Waals surface area contributed by atoms with Gasteiger partial charge in [0.1, 0.15) is 0 Å². The lowest BCUT2D eigenvalue weighted by molar-refractivity contribution is 0.859. The van der Waals surface area contributed by atoms with E-state index in [2.05, 4.69) is 96.1 Å². The zero-order valence-corrected chi connectivity index (χ0v) is 15.9. The number of nitrogens with zero attached hydrogens (tertiary/aromatic N) is 2. The third-order valence-corrected chi connectivity index (χ3v) is 4.56. The lowest BCUT2D eigenvalue weighted by Gasteiger charge is -2.11. The smallest absolute Gasteiger partial charge is 0.0790 e. The van der Waals surface area contributed by atoms with Crippen LogP contribution < -0.4 is 0 Å². The van der Waals surface area contributed by atoms with Crippen molar-refractivity contribution in [3.05, 3.63) is 119 Å². The minimum atomic E-state index is 1.000. The molecule has 0 aliphatic carbocycles. The topological polar surface area (TPSA) is 17.8 Å². The van der Waals surface area contributed by atoms with Crippen LogP contribution in [0, 0.1) is 6.92 Å². The first-order valence-electron chi connectivity index (χ1n) is 9.41. The van der Waals surface area contributed by atoms with Crippen LogP contribution in [0.5, 0.6) is 0 Å². The molecule has 4 rings (SSSR count). The molecule has 0 spiro atoms. The number of para-hydroxylation sites is 1. The third kappa shape index (κ3) is 4.18. The van der Waals surface area contributed by atoms with E-state index in [-0.39, 0.29) is 0 Å². The normalized spacial score (nSPS) is 11.5. The number of hydrogen-bond acceptors (Lipinski definition) is 1. The standard InChI is InChI=1S/C26H22N2/c1-21-19-20-28(27-21)26-24(17-15-22-9-4-2-5-10-22)13-8-14-25(26)18-16-23-11-6-3-7-12-23/h2-20H,1H3/b17-15+,18-16+. The maximum absolute atomic E-state index is 4.66. The van der Waals surface area contributed by atoms with Gasteiger partial charge in [0.15, 0.2) is 0 Å². The summed E-state index contributed by atoms with van der Waals surface area (Å²) in [5.41, 5.74) is 6.68. The fraction of sp³-hybridized carbons (Fsp3) is 0.0385. The van der Waals surface area contributed by atoms with E-state index in [1.165, 1.54) is 11.1 Å². The van der Waals surface area contributed by atoms with Gasteiger partial charge in [-0.3, -0.25) is 0 Å². The van der Waals surface area contributed by atoms with Crippen molar-refractivity contribution in [2.24, 2.45) is 0 Å². The average Bonchev–Trinajstić information content (AvgIpc) is 3.18. The van der Waals surface area contributed by atoms with E-state index in [4.69, 9.17) is 0 Å². The summed E-state index contributed by atoms with van der Waals surface area (Å²) in [6.07, 6.45) is 10.6. The van der Waals surface area contributed by atoms with Crippen molar-refractivity contribution >= 4 is 24.3 Å². The van der Waals surface area contributed by atoms with Gasteiger partial charge in [-0.05, 0) is 24.1 Å². The average molecular weight is 362 g/mol. The molecule has 0 aliphatic rings. The first-order chi connectivity index (χ1) is 13.8. The molecular formula is C26H22N2. The van der Waals surface area contributed by atoms with Crippen LogP contribution in [-0.2, 0) is 0 Å². The van der Waals surface area contributed by atoms with E-state index in [1.54, 1.807) is 0 Å². The summed E-state index contributed by atoms with van der Waals surface area (Å²) < 4.78 is 1.96. The number of aryl methyl sites for hydroxylation is 1. The van der Waals surface area contributed by atoms with Gasteiger partial charge in [0.2, 0.25) is 0 Å². The van der Waals surface area contributed by atoms with Crippen LogP contribution >= 0.6 is 0 Å². The Kier molecular flexibility index (Phi) is 5.30.